The van der Waals surface area contributed by atoms with Crippen LogP contribution in [0.1, 0.15) is 0 Å². The van der Waals surface area contributed by atoms with Gasteiger partial charge in [0.2, 0.25) is 0 Å². The third-order valence-electron chi connectivity index (χ3n) is 2.34. The van der Waals surface area contributed by atoms with Gasteiger partial charge in [-0.1, -0.05) is 11.6 Å². The summed E-state index contributed by atoms with van der Waals surface area (Å²) in [4.78, 5) is 0. The molecule has 1 aliphatic rings. The zero-order valence-corrected chi connectivity index (χ0v) is 11.1. The fourth-order valence-corrected chi connectivity index (χ4v) is 4.65. The van der Waals surface area contributed by atoms with Crippen molar-refractivity contribution in [3.05, 3.63) is 16.5 Å². The molecule has 2 rings (SSSR count). The predicted molar refractivity (Wildman–Crippen MR) is 63.4 cm³/mol. The monoisotopic (exact) mass is 292 g/mol. The molecule has 1 atom stereocenters. The minimum Gasteiger partial charge on any atom is -0.377 e. The molecule has 0 radical (unpaired) electrons. The second-order valence-corrected chi connectivity index (χ2v) is 7.23. The maximum absolute atomic E-state index is 12.2. The van der Waals surface area contributed by atoms with Crippen LogP contribution in [0.4, 0.5) is 0 Å². The van der Waals surface area contributed by atoms with Gasteiger partial charge in [-0.3, -0.25) is 0 Å². The van der Waals surface area contributed by atoms with Gasteiger partial charge >= 0.3 is 0 Å². The number of thiophene rings is 1. The highest BCUT2D eigenvalue weighted by Crippen LogP contribution is 2.29. The van der Waals surface area contributed by atoms with Gasteiger partial charge in [0.1, 0.15) is 10.3 Å². The highest BCUT2D eigenvalue weighted by atomic mass is 35.5. The molecule has 1 saturated heterocycles. The van der Waals surface area contributed by atoms with Gasteiger partial charge in [0, 0.05) is 6.54 Å². The van der Waals surface area contributed by atoms with Gasteiger partial charge in [0.05, 0.1) is 23.6 Å². The van der Waals surface area contributed by atoms with E-state index in [1.54, 1.807) is 0 Å². The molecule has 17 heavy (non-hydrogen) atoms. The van der Waals surface area contributed by atoms with Crippen molar-refractivity contribution in [3.63, 3.8) is 0 Å². The molecule has 0 aromatic carbocycles. The molecule has 0 spiro atoms. The molecule has 0 amide bonds. The Morgan fingerprint density at radius 2 is 2.35 bits per heavy atom. The van der Waals surface area contributed by atoms with E-state index in [0.717, 1.165) is 11.3 Å². The summed E-state index contributed by atoms with van der Waals surface area (Å²) in [5, 5.41) is 8.92. The van der Waals surface area contributed by atoms with Crippen molar-refractivity contribution in [2.45, 2.75) is 10.3 Å². The molecule has 1 fully saturated rings. The number of ether oxygens (including phenoxy) is 1. The van der Waals surface area contributed by atoms with Crippen molar-refractivity contribution in [2.24, 2.45) is 0 Å². The van der Waals surface area contributed by atoms with Crippen molar-refractivity contribution in [2.75, 3.05) is 19.8 Å². The maximum Gasteiger partial charge on any atom is 0.253 e. The minimum absolute atomic E-state index is 0.106. The average molecular weight is 293 g/mol. The Bertz CT molecular complexity index is 549. The highest BCUT2D eigenvalue weighted by molar-refractivity contribution is 7.91. The first-order valence-corrected chi connectivity index (χ1v) is 7.43. The first kappa shape index (κ1) is 12.8. The number of morpholine rings is 1. The Kier molecular flexibility index (Phi) is 3.70. The van der Waals surface area contributed by atoms with Crippen molar-refractivity contribution in [1.82, 2.24) is 4.31 Å². The summed E-state index contributed by atoms with van der Waals surface area (Å²) in [7, 11) is -3.64. The van der Waals surface area contributed by atoms with Gasteiger partial charge in [-0.25, -0.2) is 8.42 Å². The Hall–Kier alpha value is -0.650. The summed E-state index contributed by atoms with van der Waals surface area (Å²) in [6, 6.07) is 4.14. The lowest BCUT2D eigenvalue weighted by atomic mass is 10.3. The summed E-state index contributed by atoms with van der Waals surface area (Å²) in [6.45, 7) is 0.599. The molecule has 2 heterocycles. The van der Waals surface area contributed by atoms with Crippen LogP contribution < -0.4 is 0 Å². The topological polar surface area (TPSA) is 70.4 Å². The Morgan fingerprint density at radius 3 is 2.94 bits per heavy atom. The predicted octanol–water partition coefficient (Wildman–Crippen LogP) is 1.31. The first-order chi connectivity index (χ1) is 8.05. The summed E-state index contributed by atoms with van der Waals surface area (Å²) in [5.74, 6) is 0. The second-order valence-electron chi connectivity index (χ2n) is 3.39. The van der Waals surface area contributed by atoms with E-state index in [0.29, 0.717) is 10.9 Å². The third-order valence-corrected chi connectivity index (χ3v) is 5.95. The van der Waals surface area contributed by atoms with E-state index >= 15 is 0 Å². The van der Waals surface area contributed by atoms with Crippen molar-refractivity contribution in [3.8, 4) is 6.07 Å². The molecule has 8 heteroatoms. The molecule has 92 valence electrons. The largest absolute Gasteiger partial charge is 0.377 e. The van der Waals surface area contributed by atoms with E-state index in [2.05, 4.69) is 0 Å². The van der Waals surface area contributed by atoms with Crippen LogP contribution in [0.3, 0.4) is 0 Å². The molecule has 1 aliphatic heterocycles. The molecule has 5 nitrogen and oxygen atoms in total. The molecule has 1 aromatic rings. The average Bonchev–Trinajstić information content (AvgIpc) is 2.76. The van der Waals surface area contributed by atoms with Crippen LogP contribution in [0.15, 0.2) is 16.3 Å². The van der Waals surface area contributed by atoms with Crippen molar-refractivity contribution < 1.29 is 13.2 Å². The van der Waals surface area contributed by atoms with Crippen LogP contribution in [-0.2, 0) is 14.8 Å². The highest BCUT2D eigenvalue weighted by Gasteiger charge is 2.34. The number of nitrogens with zero attached hydrogens (tertiary/aromatic N) is 2. The number of rotatable bonds is 2. The zero-order chi connectivity index (χ0) is 12.5. The number of hydrogen-bond acceptors (Lipinski definition) is 5. The summed E-state index contributed by atoms with van der Waals surface area (Å²) in [6.07, 6.45) is 0. The zero-order valence-electron chi connectivity index (χ0n) is 8.67. The van der Waals surface area contributed by atoms with Crippen LogP contribution in [0.2, 0.25) is 4.34 Å². The SMILES string of the molecule is N#CC1COCCN1S(=O)(=O)c1ccc(Cl)s1. The van der Waals surface area contributed by atoms with Crippen molar-refractivity contribution >= 4 is 33.0 Å². The number of hydrogen-bond donors (Lipinski definition) is 0. The lowest BCUT2D eigenvalue weighted by molar-refractivity contribution is 0.0512. The Morgan fingerprint density at radius 1 is 1.59 bits per heavy atom. The van der Waals surface area contributed by atoms with Crippen LogP contribution in [-0.4, -0.2) is 38.5 Å². The number of nitriles is 1. The standard InChI is InChI=1S/C9H9ClN2O3S2/c10-8-1-2-9(16-8)17(13,14)12-3-4-15-6-7(12)5-11/h1-2,7H,3-4,6H2. The summed E-state index contributed by atoms with van der Waals surface area (Å²) in [5.41, 5.74) is 0. The third kappa shape index (κ3) is 2.46. The van der Waals surface area contributed by atoms with Gasteiger partial charge in [0.15, 0.2) is 0 Å². The first-order valence-electron chi connectivity index (χ1n) is 4.80. The number of sulfonamides is 1. The second kappa shape index (κ2) is 4.92. The van der Waals surface area contributed by atoms with E-state index in [9.17, 15) is 8.42 Å². The molecule has 0 saturated carbocycles. The van der Waals surface area contributed by atoms with E-state index < -0.39 is 16.1 Å². The fourth-order valence-electron chi connectivity index (χ4n) is 1.53. The van der Waals surface area contributed by atoms with Gasteiger partial charge in [-0.15, -0.1) is 11.3 Å². The van der Waals surface area contributed by atoms with Crippen molar-refractivity contribution in [1.29, 1.82) is 5.26 Å². The van der Waals surface area contributed by atoms with E-state index in [1.165, 1.54) is 16.4 Å². The molecule has 1 unspecified atom stereocenters. The molecule has 1 aromatic heterocycles. The lowest BCUT2D eigenvalue weighted by Crippen LogP contribution is -2.47. The smallest absolute Gasteiger partial charge is 0.253 e. The number of halogens is 1. The van der Waals surface area contributed by atoms with Gasteiger partial charge in [-0.05, 0) is 12.1 Å². The Labute approximate surface area is 108 Å². The molecule has 0 aliphatic carbocycles. The van der Waals surface area contributed by atoms with E-state index in [-0.39, 0.29) is 17.4 Å². The quantitative estimate of drug-likeness (QED) is 0.824. The molecular formula is C9H9ClN2O3S2. The molecule has 0 N–H and O–H groups in total. The Balaban J connectivity index is 2.35. The van der Waals surface area contributed by atoms with Gasteiger partial charge in [0.25, 0.3) is 10.0 Å². The van der Waals surface area contributed by atoms with Gasteiger partial charge < -0.3 is 4.74 Å². The fraction of sp³-hybridized carbons (Fsp3) is 0.444. The lowest BCUT2D eigenvalue weighted by Gasteiger charge is -2.29. The molecular weight excluding hydrogens is 284 g/mol. The van der Waals surface area contributed by atoms with E-state index in [4.69, 9.17) is 21.6 Å². The van der Waals surface area contributed by atoms with Crippen LogP contribution >= 0.6 is 22.9 Å². The van der Waals surface area contributed by atoms with Crippen LogP contribution in [0, 0.1) is 11.3 Å². The minimum atomic E-state index is -3.64. The summed E-state index contributed by atoms with van der Waals surface area (Å²) < 4.78 is 31.3. The maximum atomic E-state index is 12.2. The van der Waals surface area contributed by atoms with Crippen LogP contribution in [0.5, 0.6) is 0 Å². The molecule has 0 bridgehead atoms. The van der Waals surface area contributed by atoms with E-state index in [1.807, 2.05) is 6.07 Å². The van der Waals surface area contributed by atoms with Crippen LogP contribution in [0.25, 0.3) is 0 Å². The summed E-state index contributed by atoms with van der Waals surface area (Å²) >= 11 is 6.71. The van der Waals surface area contributed by atoms with Gasteiger partial charge in [-0.2, -0.15) is 9.57 Å². The normalized spacial score (nSPS) is 22.2.